The van der Waals surface area contributed by atoms with Gasteiger partial charge in [-0.25, -0.2) is 4.79 Å². The summed E-state index contributed by atoms with van der Waals surface area (Å²) in [5.74, 6) is -0.186. The molecule has 1 aromatic heterocycles. The van der Waals surface area contributed by atoms with Gasteiger partial charge in [-0.3, -0.25) is 9.59 Å². The number of nitrogens with one attached hydrogen (secondary N) is 2. The number of thioether (sulfide) groups is 1. The van der Waals surface area contributed by atoms with Crippen LogP contribution in [0.5, 0.6) is 0 Å². The fourth-order valence-corrected chi connectivity index (χ4v) is 4.04. The number of ether oxygens (including phenoxy) is 1. The van der Waals surface area contributed by atoms with E-state index in [1.807, 2.05) is 39.0 Å². The van der Waals surface area contributed by atoms with E-state index in [2.05, 4.69) is 20.8 Å². The summed E-state index contributed by atoms with van der Waals surface area (Å²) in [4.78, 5) is 37.1. The minimum atomic E-state index is -0.424. The van der Waals surface area contributed by atoms with Gasteiger partial charge in [0.05, 0.1) is 24.0 Å². The molecule has 0 aliphatic rings. The van der Waals surface area contributed by atoms with Gasteiger partial charge in [-0.1, -0.05) is 43.0 Å². The fraction of sp³-hybridized carbons (Fsp3) is 0.320. The molecule has 3 rings (SSSR count). The molecule has 0 saturated heterocycles. The second-order valence-electron chi connectivity index (χ2n) is 7.96. The topological polar surface area (TPSA) is 115 Å². The number of hydrogen-bond acceptors (Lipinski definition) is 7. The van der Waals surface area contributed by atoms with Crippen LogP contribution < -0.4 is 10.6 Å². The van der Waals surface area contributed by atoms with E-state index >= 15 is 0 Å². The first kappa shape index (κ1) is 26.0. The molecule has 2 amide bonds. The second-order valence-corrected chi connectivity index (χ2v) is 8.91. The van der Waals surface area contributed by atoms with Crippen LogP contribution in [0.1, 0.15) is 58.4 Å². The lowest BCUT2D eigenvalue weighted by atomic mass is 10.1. The van der Waals surface area contributed by atoms with Crippen LogP contribution in [0.3, 0.4) is 0 Å². The highest BCUT2D eigenvalue weighted by Gasteiger charge is 2.20. The number of aryl methyl sites for hydroxylation is 1. The lowest BCUT2D eigenvalue weighted by Crippen LogP contribution is -2.29. The normalized spacial score (nSPS) is 11.5. The summed E-state index contributed by atoms with van der Waals surface area (Å²) < 4.78 is 6.89. The van der Waals surface area contributed by atoms with Crippen LogP contribution in [0.4, 0.5) is 5.69 Å². The summed E-state index contributed by atoms with van der Waals surface area (Å²) >= 11 is 1.22. The molecule has 10 heteroatoms. The highest BCUT2D eigenvalue weighted by atomic mass is 32.2. The standard InChI is InChI=1S/C25H29N5O4S/c1-5-13-34-24(33)18-10-8-11-19(14-18)27-21(31)15-35-25-29-28-22(30(25)4)17(3)26-23(32)20-12-7-6-9-16(20)2/h6-12,14,17H,5,13,15H2,1-4H3,(H,26,32)(H,27,31)/t17-/m0/s1. The molecule has 0 spiro atoms. The van der Waals surface area contributed by atoms with Gasteiger partial charge in [0.25, 0.3) is 5.91 Å². The molecule has 2 N–H and O–H groups in total. The zero-order valence-corrected chi connectivity index (χ0v) is 21.0. The van der Waals surface area contributed by atoms with E-state index in [1.54, 1.807) is 41.9 Å². The van der Waals surface area contributed by atoms with Gasteiger partial charge in [-0.05, 0) is 50.1 Å². The Morgan fingerprint density at radius 3 is 2.63 bits per heavy atom. The summed E-state index contributed by atoms with van der Waals surface area (Å²) in [5, 5.41) is 14.6. The summed E-state index contributed by atoms with van der Waals surface area (Å²) in [6.45, 7) is 5.99. The number of carbonyl (C=O) groups is 3. The molecule has 0 aliphatic carbocycles. The molecular weight excluding hydrogens is 466 g/mol. The maximum Gasteiger partial charge on any atom is 0.338 e. The van der Waals surface area contributed by atoms with E-state index in [9.17, 15) is 14.4 Å². The van der Waals surface area contributed by atoms with E-state index < -0.39 is 5.97 Å². The highest BCUT2D eigenvalue weighted by molar-refractivity contribution is 7.99. The number of anilines is 1. The Morgan fingerprint density at radius 1 is 1.11 bits per heavy atom. The Bertz CT molecular complexity index is 1210. The van der Waals surface area contributed by atoms with E-state index in [4.69, 9.17) is 4.74 Å². The molecule has 35 heavy (non-hydrogen) atoms. The first-order chi connectivity index (χ1) is 16.8. The van der Waals surface area contributed by atoms with Gasteiger partial charge in [0, 0.05) is 18.3 Å². The van der Waals surface area contributed by atoms with Gasteiger partial charge in [0.15, 0.2) is 11.0 Å². The average Bonchev–Trinajstić information content (AvgIpc) is 3.21. The van der Waals surface area contributed by atoms with Crippen LogP contribution in [-0.4, -0.2) is 44.9 Å². The molecule has 184 valence electrons. The Labute approximate surface area is 208 Å². The molecule has 0 fully saturated rings. The lowest BCUT2D eigenvalue weighted by molar-refractivity contribution is -0.113. The minimum Gasteiger partial charge on any atom is -0.462 e. The van der Waals surface area contributed by atoms with Gasteiger partial charge in [-0.2, -0.15) is 0 Å². The van der Waals surface area contributed by atoms with Gasteiger partial charge in [0.2, 0.25) is 5.91 Å². The van der Waals surface area contributed by atoms with Crippen molar-refractivity contribution in [3.8, 4) is 0 Å². The number of amides is 2. The first-order valence-electron chi connectivity index (χ1n) is 11.3. The number of esters is 1. The summed E-state index contributed by atoms with van der Waals surface area (Å²) in [6, 6.07) is 13.6. The molecule has 0 unspecified atom stereocenters. The number of benzene rings is 2. The monoisotopic (exact) mass is 495 g/mol. The molecule has 9 nitrogen and oxygen atoms in total. The lowest BCUT2D eigenvalue weighted by Gasteiger charge is -2.14. The Hall–Kier alpha value is -3.66. The van der Waals surface area contributed by atoms with Crippen molar-refractivity contribution in [3.63, 3.8) is 0 Å². The van der Waals surface area contributed by atoms with E-state index in [0.29, 0.717) is 34.4 Å². The van der Waals surface area contributed by atoms with Crippen LogP contribution >= 0.6 is 11.8 Å². The minimum absolute atomic E-state index is 0.0977. The molecule has 0 aliphatic heterocycles. The molecule has 0 bridgehead atoms. The van der Waals surface area contributed by atoms with Crippen molar-refractivity contribution in [2.24, 2.45) is 7.05 Å². The van der Waals surface area contributed by atoms with Crippen molar-refractivity contribution in [2.75, 3.05) is 17.7 Å². The van der Waals surface area contributed by atoms with Crippen molar-refractivity contribution < 1.29 is 19.1 Å². The first-order valence-corrected chi connectivity index (χ1v) is 12.2. The summed E-state index contributed by atoms with van der Waals surface area (Å²) in [6.07, 6.45) is 0.737. The fourth-order valence-electron chi connectivity index (χ4n) is 3.32. The van der Waals surface area contributed by atoms with E-state index in [0.717, 1.165) is 12.0 Å². The third-order valence-corrected chi connectivity index (χ3v) is 6.17. The molecule has 0 saturated carbocycles. The largest absolute Gasteiger partial charge is 0.462 e. The van der Waals surface area contributed by atoms with Gasteiger partial charge in [0.1, 0.15) is 0 Å². The number of hydrogen-bond donors (Lipinski definition) is 2. The number of rotatable bonds is 10. The smallest absolute Gasteiger partial charge is 0.338 e. The maximum absolute atomic E-state index is 12.6. The summed E-state index contributed by atoms with van der Waals surface area (Å²) in [7, 11) is 1.79. The van der Waals surface area contributed by atoms with Crippen molar-refractivity contribution >= 4 is 35.2 Å². The predicted molar refractivity (Wildman–Crippen MR) is 134 cm³/mol. The zero-order chi connectivity index (χ0) is 25.4. The van der Waals surface area contributed by atoms with Crippen LogP contribution in [-0.2, 0) is 16.6 Å². The highest BCUT2D eigenvalue weighted by Crippen LogP contribution is 2.20. The molecule has 0 radical (unpaired) electrons. The van der Waals surface area contributed by atoms with Gasteiger partial charge >= 0.3 is 5.97 Å². The third kappa shape index (κ3) is 6.92. The molecular formula is C25H29N5O4S. The number of nitrogens with zero attached hydrogens (tertiary/aromatic N) is 3. The zero-order valence-electron chi connectivity index (χ0n) is 20.2. The van der Waals surface area contributed by atoms with E-state index in [1.165, 1.54) is 11.8 Å². The number of aromatic nitrogens is 3. The molecule has 2 aromatic carbocycles. The van der Waals surface area contributed by atoms with Crippen LogP contribution in [0.25, 0.3) is 0 Å². The predicted octanol–water partition coefficient (Wildman–Crippen LogP) is 3.91. The third-order valence-electron chi connectivity index (χ3n) is 5.14. The Morgan fingerprint density at radius 2 is 1.89 bits per heavy atom. The van der Waals surface area contributed by atoms with Crippen molar-refractivity contribution in [1.29, 1.82) is 0 Å². The van der Waals surface area contributed by atoms with Crippen LogP contribution in [0.15, 0.2) is 53.7 Å². The van der Waals surface area contributed by atoms with Crippen molar-refractivity contribution in [2.45, 2.75) is 38.4 Å². The average molecular weight is 496 g/mol. The van der Waals surface area contributed by atoms with Gasteiger partial charge < -0.3 is 19.9 Å². The van der Waals surface area contributed by atoms with Crippen molar-refractivity contribution in [1.82, 2.24) is 20.1 Å². The number of carbonyl (C=O) groups excluding carboxylic acids is 3. The molecule has 1 heterocycles. The molecule has 3 aromatic rings. The van der Waals surface area contributed by atoms with Gasteiger partial charge in [-0.15, -0.1) is 10.2 Å². The van der Waals surface area contributed by atoms with Crippen molar-refractivity contribution in [3.05, 3.63) is 71.0 Å². The molecule has 1 atom stereocenters. The van der Waals surface area contributed by atoms with Crippen LogP contribution in [0.2, 0.25) is 0 Å². The maximum atomic E-state index is 12.6. The quantitative estimate of drug-likeness (QED) is 0.324. The second kappa shape index (κ2) is 12.2. The Kier molecular flexibility index (Phi) is 9.02. The van der Waals surface area contributed by atoms with Crippen LogP contribution in [0, 0.1) is 6.92 Å². The van der Waals surface area contributed by atoms with E-state index in [-0.39, 0.29) is 23.6 Å². The Balaban J connectivity index is 1.56. The summed E-state index contributed by atoms with van der Waals surface area (Å²) in [5.41, 5.74) is 2.38. The SMILES string of the molecule is CCCOC(=O)c1cccc(NC(=O)CSc2nnc([C@H](C)NC(=O)c3ccccc3C)n2C)c1.